The molecular formula is C17H33N3O2. The van der Waals surface area contributed by atoms with Crippen molar-refractivity contribution in [2.45, 2.75) is 52.2 Å². The van der Waals surface area contributed by atoms with Crippen LogP contribution in [0.3, 0.4) is 0 Å². The van der Waals surface area contributed by atoms with E-state index in [2.05, 4.69) is 50.0 Å². The van der Waals surface area contributed by atoms with E-state index in [1.165, 1.54) is 0 Å². The molecule has 0 aromatic heterocycles. The summed E-state index contributed by atoms with van der Waals surface area (Å²) in [6.45, 7) is 12.4. The fourth-order valence-electron chi connectivity index (χ4n) is 3.51. The zero-order chi connectivity index (χ0) is 16.4. The van der Waals surface area contributed by atoms with Gasteiger partial charge in [-0.3, -0.25) is 4.99 Å². The molecule has 22 heavy (non-hydrogen) atoms. The Morgan fingerprint density at radius 2 is 2.14 bits per heavy atom. The third-order valence-corrected chi connectivity index (χ3v) is 5.81. The minimum absolute atomic E-state index is 0.0557. The molecule has 3 unspecified atom stereocenters. The van der Waals surface area contributed by atoms with Gasteiger partial charge >= 0.3 is 0 Å². The molecular weight excluding hydrogens is 278 g/mol. The fourth-order valence-corrected chi connectivity index (χ4v) is 3.51. The van der Waals surface area contributed by atoms with Crippen LogP contribution in [0, 0.1) is 11.3 Å². The first kappa shape index (κ1) is 17.5. The van der Waals surface area contributed by atoms with E-state index in [-0.39, 0.29) is 11.0 Å². The van der Waals surface area contributed by atoms with Crippen LogP contribution in [0.2, 0.25) is 0 Å². The van der Waals surface area contributed by atoms with Crippen molar-refractivity contribution >= 4 is 5.96 Å². The van der Waals surface area contributed by atoms with E-state index in [1.807, 2.05) is 7.11 Å². The Morgan fingerprint density at radius 1 is 1.41 bits per heavy atom. The smallest absolute Gasteiger partial charge is 0.193 e. The molecule has 0 radical (unpaired) electrons. The molecule has 5 heteroatoms. The normalized spacial score (nSPS) is 34.4. The van der Waals surface area contributed by atoms with E-state index in [4.69, 9.17) is 9.47 Å². The lowest BCUT2D eigenvalue weighted by Gasteiger charge is -2.59. The Labute approximate surface area is 135 Å². The number of hydrogen-bond acceptors (Lipinski definition) is 3. The third-order valence-electron chi connectivity index (χ3n) is 5.81. The molecule has 2 rings (SSSR count). The van der Waals surface area contributed by atoms with Crippen LogP contribution in [0.5, 0.6) is 0 Å². The summed E-state index contributed by atoms with van der Waals surface area (Å²) >= 11 is 0. The van der Waals surface area contributed by atoms with E-state index in [0.717, 1.165) is 45.1 Å². The highest BCUT2D eigenvalue weighted by Crippen LogP contribution is 2.51. The van der Waals surface area contributed by atoms with Crippen molar-refractivity contribution in [3.8, 4) is 0 Å². The third kappa shape index (κ3) is 3.25. The van der Waals surface area contributed by atoms with Gasteiger partial charge in [0, 0.05) is 51.2 Å². The lowest BCUT2D eigenvalue weighted by Crippen LogP contribution is -2.69. The van der Waals surface area contributed by atoms with Crippen LogP contribution in [0.15, 0.2) is 4.99 Å². The Morgan fingerprint density at radius 3 is 2.64 bits per heavy atom. The van der Waals surface area contributed by atoms with E-state index >= 15 is 0 Å². The number of rotatable bonds is 5. The Hall–Kier alpha value is -0.810. The van der Waals surface area contributed by atoms with Gasteiger partial charge in [0.05, 0.1) is 12.2 Å². The number of nitrogens with zero attached hydrogens (tertiary/aromatic N) is 2. The quantitative estimate of drug-likeness (QED) is 0.624. The summed E-state index contributed by atoms with van der Waals surface area (Å²) < 4.78 is 11.2. The van der Waals surface area contributed by atoms with Crippen molar-refractivity contribution in [2.24, 2.45) is 16.3 Å². The number of methoxy groups -OCH3 is 1. The van der Waals surface area contributed by atoms with Gasteiger partial charge in [-0.1, -0.05) is 13.8 Å². The summed E-state index contributed by atoms with van der Waals surface area (Å²) in [6, 6.07) is 0.394. The minimum atomic E-state index is -0.0557. The highest BCUT2D eigenvalue weighted by Gasteiger charge is 2.58. The summed E-state index contributed by atoms with van der Waals surface area (Å²) in [6.07, 6.45) is 2.17. The van der Waals surface area contributed by atoms with E-state index < -0.39 is 0 Å². The second-order valence-electron chi connectivity index (χ2n) is 7.47. The average Bonchev–Trinajstić information content (AvgIpc) is 2.98. The lowest BCUT2D eigenvalue weighted by molar-refractivity contribution is -0.176. The molecule has 1 saturated carbocycles. The maximum absolute atomic E-state index is 5.72. The monoisotopic (exact) mass is 311 g/mol. The van der Waals surface area contributed by atoms with Gasteiger partial charge in [-0.15, -0.1) is 0 Å². The number of nitrogens with one attached hydrogen (secondary N) is 1. The molecule has 1 heterocycles. The minimum Gasteiger partial charge on any atom is -0.381 e. The SMILES string of the molecule is CCN=C(NC1CC(C)(OC)C1(C)C)N(C)CC1CCOC1. The van der Waals surface area contributed by atoms with Crippen molar-refractivity contribution in [2.75, 3.05) is 40.5 Å². The molecule has 0 aromatic carbocycles. The fraction of sp³-hybridized carbons (Fsp3) is 0.941. The van der Waals surface area contributed by atoms with E-state index in [1.54, 1.807) is 0 Å². The molecule has 0 bridgehead atoms. The second-order valence-corrected chi connectivity index (χ2v) is 7.47. The Bertz CT molecular complexity index is 405. The summed E-state index contributed by atoms with van der Waals surface area (Å²) in [5, 5.41) is 3.66. The standard InChI is InChI=1S/C17H33N3O2/c1-7-18-15(20(5)11-13-8-9-22-12-13)19-14-10-17(4,21-6)16(14,2)3/h13-14H,7-12H2,1-6H3,(H,18,19). The number of ether oxygens (including phenoxy) is 2. The van der Waals surface area contributed by atoms with E-state index in [0.29, 0.717) is 12.0 Å². The molecule has 1 N–H and O–H groups in total. The van der Waals surface area contributed by atoms with Crippen molar-refractivity contribution < 1.29 is 9.47 Å². The number of aliphatic imine (C=N–C) groups is 1. The summed E-state index contributed by atoms with van der Waals surface area (Å²) in [4.78, 5) is 6.93. The zero-order valence-electron chi connectivity index (χ0n) is 15.1. The van der Waals surface area contributed by atoms with Crippen molar-refractivity contribution in [3.05, 3.63) is 0 Å². The first-order valence-electron chi connectivity index (χ1n) is 8.49. The van der Waals surface area contributed by atoms with Gasteiger partial charge in [0.25, 0.3) is 0 Å². The number of guanidine groups is 1. The Balaban J connectivity index is 1.96. The van der Waals surface area contributed by atoms with Gasteiger partial charge in [0.15, 0.2) is 5.96 Å². The van der Waals surface area contributed by atoms with Crippen LogP contribution < -0.4 is 5.32 Å². The summed E-state index contributed by atoms with van der Waals surface area (Å²) in [7, 11) is 3.94. The molecule has 2 fully saturated rings. The predicted molar refractivity (Wildman–Crippen MR) is 90.3 cm³/mol. The van der Waals surface area contributed by atoms with Gasteiger partial charge in [-0.05, 0) is 26.7 Å². The van der Waals surface area contributed by atoms with E-state index in [9.17, 15) is 0 Å². The average molecular weight is 311 g/mol. The second kappa shape index (κ2) is 6.75. The highest BCUT2D eigenvalue weighted by atomic mass is 16.5. The molecule has 128 valence electrons. The maximum atomic E-state index is 5.72. The van der Waals surface area contributed by atoms with Crippen LogP contribution >= 0.6 is 0 Å². The summed E-state index contributed by atoms with van der Waals surface area (Å²) in [5.41, 5.74) is 0.0351. The largest absolute Gasteiger partial charge is 0.381 e. The van der Waals surface area contributed by atoms with Crippen molar-refractivity contribution in [1.29, 1.82) is 0 Å². The molecule has 3 atom stereocenters. The molecule has 1 saturated heterocycles. The highest BCUT2D eigenvalue weighted by molar-refractivity contribution is 5.80. The van der Waals surface area contributed by atoms with Gasteiger partial charge in [-0.25, -0.2) is 0 Å². The molecule has 1 aliphatic carbocycles. The van der Waals surface area contributed by atoms with Crippen LogP contribution in [0.1, 0.15) is 40.5 Å². The van der Waals surface area contributed by atoms with Crippen molar-refractivity contribution in [1.82, 2.24) is 10.2 Å². The topological polar surface area (TPSA) is 46.1 Å². The molecule has 0 aromatic rings. The maximum Gasteiger partial charge on any atom is 0.193 e. The molecule has 5 nitrogen and oxygen atoms in total. The van der Waals surface area contributed by atoms with Crippen molar-refractivity contribution in [3.63, 3.8) is 0 Å². The predicted octanol–water partition coefficient (Wildman–Crippen LogP) is 2.12. The van der Waals surface area contributed by atoms with Gasteiger partial charge in [-0.2, -0.15) is 0 Å². The van der Waals surface area contributed by atoms with Crippen LogP contribution in [-0.2, 0) is 9.47 Å². The zero-order valence-corrected chi connectivity index (χ0v) is 15.1. The van der Waals surface area contributed by atoms with Crippen LogP contribution in [0.4, 0.5) is 0 Å². The van der Waals surface area contributed by atoms with Gasteiger partial charge < -0.3 is 19.7 Å². The van der Waals surface area contributed by atoms with Crippen LogP contribution in [0.25, 0.3) is 0 Å². The van der Waals surface area contributed by atoms with Gasteiger partial charge in [0.2, 0.25) is 0 Å². The molecule has 0 spiro atoms. The first-order valence-corrected chi connectivity index (χ1v) is 8.49. The van der Waals surface area contributed by atoms with Gasteiger partial charge in [0.1, 0.15) is 0 Å². The first-order chi connectivity index (χ1) is 10.3. The Kier molecular flexibility index (Phi) is 5.38. The molecule has 2 aliphatic rings. The number of hydrogen-bond donors (Lipinski definition) is 1. The molecule has 1 aliphatic heterocycles. The lowest BCUT2D eigenvalue weighted by atomic mass is 9.56. The summed E-state index contributed by atoms with van der Waals surface area (Å²) in [5.74, 6) is 1.62. The molecule has 0 amide bonds. The van der Waals surface area contributed by atoms with Crippen LogP contribution in [-0.4, -0.2) is 63.0 Å².